The Hall–Kier alpha value is -2.41. The van der Waals surface area contributed by atoms with Crippen LogP contribution in [0.5, 0.6) is 0 Å². The highest BCUT2D eigenvalue weighted by atomic mass is 35.5. The molecule has 0 aliphatic carbocycles. The monoisotopic (exact) mass is 351 g/mol. The normalized spacial score (nSPS) is 12.2. The van der Waals surface area contributed by atoms with Crippen LogP contribution in [0.3, 0.4) is 0 Å². The lowest BCUT2D eigenvalue weighted by molar-refractivity contribution is 0.0976. The van der Waals surface area contributed by atoms with Crippen LogP contribution in [0.4, 0.5) is 10.2 Å². The van der Waals surface area contributed by atoms with Gasteiger partial charge in [-0.05, 0) is 45.9 Å². The molecule has 0 spiro atoms. The maximum absolute atomic E-state index is 13.5. The molecule has 0 unspecified atom stereocenters. The fourth-order valence-electron chi connectivity index (χ4n) is 1.84. The Morgan fingerprint density at radius 1 is 1.33 bits per heavy atom. The number of nitrogens with zero attached hydrogens (tertiary/aromatic N) is 2. The van der Waals surface area contributed by atoms with Gasteiger partial charge in [0.05, 0.1) is 10.6 Å². The molecule has 0 saturated heterocycles. The Labute approximate surface area is 144 Å². The summed E-state index contributed by atoms with van der Waals surface area (Å²) in [7, 11) is 0. The Bertz CT molecular complexity index is 779. The number of carbonyl (C=O) groups excluding carboxylic acids is 1. The van der Waals surface area contributed by atoms with Crippen LogP contribution in [0.25, 0.3) is 0 Å². The number of hydrogen-bond acceptors (Lipinski definition) is 3. The molecule has 3 N–H and O–H groups in total. The van der Waals surface area contributed by atoms with Gasteiger partial charge in [0.2, 0.25) is 5.96 Å². The number of nitrogens with one attached hydrogen (secondary N) is 3. The van der Waals surface area contributed by atoms with Gasteiger partial charge in [-0.3, -0.25) is 15.2 Å². The number of halogens is 2. The predicted octanol–water partition coefficient (Wildman–Crippen LogP) is 3.51. The van der Waals surface area contributed by atoms with E-state index < -0.39 is 17.3 Å². The molecule has 128 valence electrons. The Balaban J connectivity index is 2.22. The highest BCUT2D eigenvalue weighted by Gasteiger charge is 2.16. The molecule has 0 bridgehead atoms. The maximum Gasteiger partial charge on any atom is 0.258 e. The van der Waals surface area contributed by atoms with E-state index in [4.69, 9.17) is 11.6 Å². The summed E-state index contributed by atoms with van der Waals surface area (Å²) in [4.78, 5) is 16.7. The average molecular weight is 352 g/mol. The van der Waals surface area contributed by atoms with Crippen LogP contribution >= 0.6 is 11.6 Å². The topological polar surface area (TPSA) is 82.2 Å². The fraction of sp³-hybridized carbons (Fsp3) is 0.312. The number of hydrogen-bond donors (Lipinski definition) is 3. The van der Waals surface area contributed by atoms with Gasteiger partial charge in [0.1, 0.15) is 5.82 Å². The van der Waals surface area contributed by atoms with Crippen LogP contribution in [0.1, 0.15) is 36.8 Å². The second kappa shape index (κ2) is 7.00. The zero-order valence-corrected chi connectivity index (χ0v) is 14.6. The number of H-pyrrole nitrogens is 1. The molecule has 6 nitrogen and oxygen atoms in total. The third-order valence-electron chi connectivity index (χ3n) is 2.81. The van der Waals surface area contributed by atoms with Gasteiger partial charge in [0.15, 0.2) is 5.82 Å². The zero-order chi connectivity index (χ0) is 17.9. The van der Waals surface area contributed by atoms with Crippen LogP contribution < -0.4 is 10.6 Å². The molecule has 0 atom stereocenters. The number of benzene rings is 1. The molecule has 1 heterocycles. The molecule has 2 aromatic rings. The van der Waals surface area contributed by atoms with Crippen molar-refractivity contribution in [1.29, 1.82) is 0 Å². The summed E-state index contributed by atoms with van der Waals surface area (Å²) in [6.07, 6.45) is 0. The molecule has 0 radical (unpaired) electrons. The summed E-state index contributed by atoms with van der Waals surface area (Å²) in [5.41, 5.74) is 0.559. The first-order valence-corrected chi connectivity index (χ1v) is 7.67. The number of guanidine groups is 1. The van der Waals surface area contributed by atoms with Gasteiger partial charge in [-0.2, -0.15) is 5.10 Å². The van der Waals surface area contributed by atoms with E-state index in [0.29, 0.717) is 5.82 Å². The standard InChI is InChI=1S/C16H19ClFN5O/c1-9-7-13(23-22-9)19-15(21-16(2,3)4)20-14(24)10-5-6-11(17)12(18)8-10/h5-8H,1-4H3,(H3,19,20,21,22,23,24). The molecule has 0 saturated carbocycles. The molecule has 1 aromatic heterocycles. The van der Waals surface area contributed by atoms with Gasteiger partial charge >= 0.3 is 0 Å². The lowest BCUT2D eigenvalue weighted by atomic mass is 10.1. The molecule has 2 rings (SSSR count). The van der Waals surface area contributed by atoms with Gasteiger partial charge in [-0.1, -0.05) is 11.6 Å². The molecule has 0 fully saturated rings. The van der Waals surface area contributed by atoms with E-state index in [9.17, 15) is 9.18 Å². The van der Waals surface area contributed by atoms with E-state index >= 15 is 0 Å². The van der Waals surface area contributed by atoms with Crippen molar-refractivity contribution in [2.75, 3.05) is 5.32 Å². The minimum absolute atomic E-state index is 0.0414. The predicted molar refractivity (Wildman–Crippen MR) is 93.0 cm³/mol. The van der Waals surface area contributed by atoms with Crippen molar-refractivity contribution in [2.24, 2.45) is 4.99 Å². The zero-order valence-electron chi connectivity index (χ0n) is 13.9. The van der Waals surface area contributed by atoms with Gasteiger partial charge in [-0.25, -0.2) is 9.38 Å². The summed E-state index contributed by atoms with van der Waals surface area (Å²) in [5, 5.41) is 12.4. The SMILES string of the molecule is Cc1cc(NC(=NC(C)(C)C)NC(=O)c2ccc(Cl)c(F)c2)n[nH]1. The Kier molecular flexibility index (Phi) is 5.23. The average Bonchev–Trinajstić information content (AvgIpc) is 2.85. The lowest BCUT2D eigenvalue weighted by Gasteiger charge is -2.17. The molecule has 1 aromatic carbocycles. The van der Waals surface area contributed by atoms with Crippen LogP contribution in [-0.4, -0.2) is 27.6 Å². The first-order chi connectivity index (χ1) is 11.1. The maximum atomic E-state index is 13.5. The van der Waals surface area contributed by atoms with E-state index in [2.05, 4.69) is 25.8 Å². The summed E-state index contributed by atoms with van der Waals surface area (Å²) in [5.74, 6) is -0.435. The van der Waals surface area contributed by atoms with Gasteiger partial charge in [-0.15, -0.1) is 0 Å². The van der Waals surface area contributed by atoms with Gasteiger partial charge < -0.3 is 5.32 Å². The first-order valence-electron chi connectivity index (χ1n) is 7.29. The number of aryl methyl sites for hydroxylation is 1. The third-order valence-corrected chi connectivity index (χ3v) is 3.12. The first kappa shape index (κ1) is 17.9. The molecular weight excluding hydrogens is 333 g/mol. The smallest absolute Gasteiger partial charge is 0.258 e. The van der Waals surface area contributed by atoms with Gasteiger partial charge in [0.25, 0.3) is 5.91 Å². The summed E-state index contributed by atoms with van der Waals surface area (Å²) < 4.78 is 13.5. The van der Waals surface area contributed by atoms with Crippen molar-refractivity contribution in [2.45, 2.75) is 33.2 Å². The van der Waals surface area contributed by atoms with E-state index in [0.717, 1.165) is 11.8 Å². The molecule has 0 aliphatic heterocycles. The number of carbonyl (C=O) groups is 1. The molecule has 0 aliphatic rings. The van der Waals surface area contributed by atoms with Crippen LogP contribution in [-0.2, 0) is 0 Å². The number of aromatic amines is 1. The minimum Gasteiger partial charge on any atom is -0.309 e. The van der Waals surface area contributed by atoms with E-state index in [-0.39, 0.29) is 16.5 Å². The molecule has 24 heavy (non-hydrogen) atoms. The summed E-state index contributed by atoms with van der Waals surface area (Å²) in [6.45, 7) is 7.52. The number of rotatable bonds is 2. The van der Waals surface area contributed by atoms with E-state index in [1.165, 1.54) is 12.1 Å². The fourth-order valence-corrected chi connectivity index (χ4v) is 1.96. The minimum atomic E-state index is -0.658. The van der Waals surface area contributed by atoms with Gasteiger partial charge in [0, 0.05) is 17.3 Å². The lowest BCUT2D eigenvalue weighted by Crippen LogP contribution is -2.38. The van der Waals surface area contributed by atoms with E-state index in [1.807, 2.05) is 27.7 Å². The molecule has 1 amide bonds. The van der Waals surface area contributed by atoms with Crippen LogP contribution in [0.15, 0.2) is 29.3 Å². The molecule has 8 heteroatoms. The largest absolute Gasteiger partial charge is 0.309 e. The van der Waals surface area contributed by atoms with Crippen LogP contribution in [0.2, 0.25) is 5.02 Å². The Morgan fingerprint density at radius 2 is 2.04 bits per heavy atom. The number of amides is 1. The van der Waals surface area contributed by atoms with Crippen molar-refractivity contribution >= 4 is 29.3 Å². The second-order valence-electron chi connectivity index (χ2n) is 6.28. The second-order valence-corrected chi connectivity index (χ2v) is 6.68. The number of aliphatic imine (C=N–C) groups is 1. The molecular formula is C16H19ClFN5O. The van der Waals surface area contributed by atoms with Crippen LogP contribution in [0, 0.1) is 12.7 Å². The van der Waals surface area contributed by atoms with Crippen molar-refractivity contribution < 1.29 is 9.18 Å². The Morgan fingerprint density at radius 3 is 2.58 bits per heavy atom. The third kappa shape index (κ3) is 5.06. The van der Waals surface area contributed by atoms with Crippen molar-refractivity contribution in [3.8, 4) is 0 Å². The van der Waals surface area contributed by atoms with Crippen molar-refractivity contribution in [1.82, 2.24) is 15.5 Å². The number of aromatic nitrogens is 2. The summed E-state index contributed by atoms with van der Waals surface area (Å²) in [6, 6.07) is 5.61. The summed E-state index contributed by atoms with van der Waals surface area (Å²) >= 11 is 5.63. The highest BCUT2D eigenvalue weighted by Crippen LogP contribution is 2.16. The van der Waals surface area contributed by atoms with E-state index in [1.54, 1.807) is 6.07 Å². The number of anilines is 1. The highest BCUT2D eigenvalue weighted by molar-refractivity contribution is 6.30. The quantitative estimate of drug-likeness (QED) is 0.572. The van der Waals surface area contributed by atoms with Crippen molar-refractivity contribution in [3.05, 3.63) is 46.4 Å². The van der Waals surface area contributed by atoms with Crippen molar-refractivity contribution in [3.63, 3.8) is 0 Å².